The molecule has 0 atom stereocenters. The lowest BCUT2D eigenvalue weighted by Crippen LogP contribution is -2.06. The quantitative estimate of drug-likeness (QED) is 0.489. The molecule has 0 saturated carbocycles. The average Bonchev–Trinajstić information content (AvgIpc) is 2.42. The molecule has 20 heavy (non-hydrogen) atoms. The van der Waals surface area contributed by atoms with E-state index in [1.807, 2.05) is 0 Å². The van der Waals surface area contributed by atoms with Crippen LogP contribution in [0.1, 0.15) is 15.9 Å². The van der Waals surface area contributed by atoms with Gasteiger partial charge in [0.1, 0.15) is 5.82 Å². The van der Waals surface area contributed by atoms with Crippen LogP contribution in [-0.4, -0.2) is 10.7 Å². The van der Waals surface area contributed by atoms with Crippen molar-refractivity contribution < 1.29 is 18.5 Å². The van der Waals surface area contributed by atoms with Gasteiger partial charge < -0.3 is 0 Å². The highest BCUT2D eigenvalue weighted by Gasteiger charge is 2.20. The predicted molar refractivity (Wildman–Crippen MR) is 67.5 cm³/mol. The number of nitro groups is 1. The lowest BCUT2D eigenvalue weighted by atomic mass is 10.0. The predicted octanol–water partition coefficient (Wildman–Crippen LogP) is 3.30. The maximum Gasteiger partial charge on any atom is 0.305 e. The SMILES string of the molecule is O=C(Cc1cc([N+](=O)[O-])c(F)cc1F)c1ccccc1. The van der Waals surface area contributed by atoms with Crippen molar-refractivity contribution in [1.82, 2.24) is 0 Å². The molecule has 2 aromatic carbocycles. The van der Waals surface area contributed by atoms with E-state index in [4.69, 9.17) is 0 Å². The zero-order valence-electron chi connectivity index (χ0n) is 10.2. The number of rotatable bonds is 4. The molecule has 0 heterocycles. The van der Waals surface area contributed by atoms with Crippen LogP contribution in [0.2, 0.25) is 0 Å². The molecule has 2 aromatic rings. The summed E-state index contributed by atoms with van der Waals surface area (Å²) >= 11 is 0. The number of nitro benzene ring substituents is 1. The maximum absolute atomic E-state index is 13.6. The molecule has 0 N–H and O–H groups in total. The highest BCUT2D eigenvalue weighted by molar-refractivity contribution is 5.97. The summed E-state index contributed by atoms with van der Waals surface area (Å²) in [6, 6.07) is 9.31. The van der Waals surface area contributed by atoms with Gasteiger partial charge in [-0.2, -0.15) is 4.39 Å². The Kier molecular flexibility index (Phi) is 3.84. The molecule has 0 unspecified atom stereocenters. The largest absolute Gasteiger partial charge is 0.305 e. The van der Waals surface area contributed by atoms with Gasteiger partial charge in [0.2, 0.25) is 5.82 Å². The number of ketones is 1. The first-order valence-electron chi connectivity index (χ1n) is 5.69. The monoisotopic (exact) mass is 277 g/mol. The molecular formula is C14H9F2NO3. The minimum Gasteiger partial charge on any atom is -0.294 e. The summed E-state index contributed by atoms with van der Waals surface area (Å²) in [6.07, 6.45) is -0.364. The van der Waals surface area contributed by atoms with Crippen LogP contribution in [0.25, 0.3) is 0 Å². The van der Waals surface area contributed by atoms with Crippen LogP contribution in [0.5, 0.6) is 0 Å². The Morgan fingerprint density at radius 3 is 2.35 bits per heavy atom. The highest BCUT2D eigenvalue weighted by Crippen LogP contribution is 2.22. The molecule has 2 rings (SSSR count). The van der Waals surface area contributed by atoms with Crippen molar-refractivity contribution in [2.24, 2.45) is 0 Å². The second-order valence-corrected chi connectivity index (χ2v) is 4.12. The molecule has 4 nitrogen and oxygen atoms in total. The van der Waals surface area contributed by atoms with Crippen molar-refractivity contribution in [2.75, 3.05) is 0 Å². The minimum absolute atomic E-state index is 0.202. The minimum atomic E-state index is -1.26. The molecule has 0 amide bonds. The van der Waals surface area contributed by atoms with E-state index in [0.29, 0.717) is 11.6 Å². The van der Waals surface area contributed by atoms with Crippen LogP contribution in [-0.2, 0) is 6.42 Å². The van der Waals surface area contributed by atoms with Crippen molar-refractivity contribution in [1.29, 1.82) is 0 Å². The molecular weight excluding hydrogens is 268 g/mol. The number of hydrogen-bond acceptors (Lipinski definition) is 3. The van der Waals surface area contributed by atoms with Gasteiger partial charge in [0.15, 0.2) is 5.78 Å². The second-order valence-electron chi connectivity index (χ2n) is 4.12. The average molecular weight is 277 g/mol. The zero-order valence-corrected chi connectivity index (χ0v) is 10.2. The van der Waals surface area contributed by atoms with Gasteiger partial charge in [-0.15, -0.1) is 0 Å². The van der Waals surface area contributed by atoms with Crippen molar-refractivity contribution >= 4 is 11.5 Å². The maximum atomic E-state index is 13.6. The van der Waals surface area contributed by atoms with Gasteiger partial charge in [-0.05, 0) is 0 Å². The van der Waals surface area contributed by atoms with Gasteiger partial charge >= 0.3 is 5.69 Å². The first-order valence-corrected chi connectivity index (χ1v) is 5.69. The first-order chi connectivity index (χ1) is 9.49. The summed E-state index contributed by atoms with van der Waals surface area (Å²) in [5.41, 5.74) is -0.687. The Hall–Kier alpha value is -2.63. The molecule has 102 valence electrons. The van der Waals surface area contributed by atoms with E-state index in [0.717, 1.165) is 6.07 Å². The third kappa shape index (κ3) is 2.85. The number of carbonyl (C=O) groups excluding carboxylic acids is 1. The van der Waals surface area contributed by atoms with Crippen LogP contribution >= 0.6 is 0 Å². The van der Waals surface area contributed by atoms with Crippen LogP contribution < -0.4 is 0 Å². The van der Waals surface area contributed by atoms with Crippen molar-refractivity contribution in [2.45, 2.75) is 6.42 Å². The van der Waals surface area contributed by atoms with E-state index >= 15 is 0 Å². The number of benzene rings is 2. The summed E-state index contributed by atoms with van der Waals surface area (Å²) in [5, 5.41) is 10.6. The number of Topliss-reactive ketones (excluding diaryl/α,β-unsaturated/α-hetero) is 1. The van der Waals surface area contributed by atoms with Crippen LogP contribution in [0.3, 0.4) is 0 Å². The van der Waals surface area contributed by atoms with Crippen LogP contribution in [0.15, 0.2) is 42.5 Å². The molecule has 0 bridgehead atoms. The Morgan fingerprint density at radius 2 is 1.75 bits per heavy atom. The second kappa shape index (κ2) is 5.56. The molecule has 0 aliphatic heterocycles. The summed E-state index contributed by atoms with van der Waals surface area (Å²) in [4.78, 5) is 21.5. The summed E-state index contributed by atoms with van der Waals surface area (Å²) in [6.45, 7) is 0. The Labute approximate surface area is 112 Å². The van der Waals surface area contributed by atoms with Gasteiger partial charge in [-0.1, -0.05) is 30.3 Å². The number of hydrogen-bond donors (Lipinski definition) is 0. The van der Waals surface area contributed by atoms with Gasteiger partial charge in [0.25, 0.3) is 0 Å². The first kappa shape index (κ1) is 13.8. The van der Waals surface area contributed by atoms with Gasteiger partial charge in [-0.25, -0.2) is 4.39 Å². The summed E-state index contributed by atoms with van der Waals surface area (Å²) in [5.74, 6) is -2.63. The molecule has 0 radical (unpaired) electrons. The molecule has 0 aliphatic carbocycles. The Morgan fingerprint density at radius 1 is 1.10 bits per heavy atom. The number of carbonyl (C=O) groups is 1. The third-order valence-corrected chi connectivity index (χ3v) is 2.76. The van der Waals surface area contributed by atoms with E-state index in [1.54, 1.807) is 30.3 Å². The molecule has 0 fully saturated rings. The topological polar surface area (TPSA) is 60.2 Å². The fourth-order valence-electron chi connectivity index (χ4n) is 1.76. The third-order valence-electron chi connectivity index (χ3n) is 2.76. The fourth-order valence-corrected chi connectivity index (χ4v) is 1.76. The molecule has 0 spiro atoms. The normalized spacial score (nSPS) is 10.3. The fraction of sp³-hybridized carbons (Fsp3) is 0.0714. The lowest BCUT2D eigenvalue weighted by Gasteiger charge is -2.04. The van der Waals surface area contributed by atoms with E-state index in [2.05, 4.69) is 0 Å². The summed E-state index contributed by atoms with van der Waals surface area (Å²) < 4.78 is 26.7. The summed E-state index contributed by atoms with van der Waals surface area (Å²) in [7, 11) is 0. The Balaban J connectivity index is 2.32. The standard InChI is InChI=1S/C14H9F2NO3/c15-11-8-12(16)13(17(19)20)6-10(11)7-14(18)9-4-2-1-3-5-9/h1-6,8H,7H2. The highest BCUT2D eigenvalue weighted by atomic mass is 19.1. The molecule has 0 aliphatic rings. The van der Waals surface area contributed by atoms with E-state index in [-0.39, 0.29) is 12.0 Å². The van der Waals surface area contributed by atoms with Gasteiger partial charge in [0, 0.05) is 29.7 Å². The van der Waals surface area contributed by atoms with E-state index in [1.165, 1.54) is 0 Å². The van der Waals surface area contributed by atoms with E-state index < -0.39 is 28.0 Å². The zero-order chi connectivity index (χ0) is 14.7. The molecule has 0 aromatic heterocycles. The molecule has 0 saturated heterocycles. The Bertz CT molecular complexity index is 672. The van der Waals surface area contributed by atoms with Gasteiger partial charge in [0.05, 0.1) is 4.92 Å². The van der Waals surface area contributed by atoms with Crippen molar-refractivity contribution in [3.8, 4) is 0 Å². The smallest absolute Gasteiger partial charge is 0.294 e. The lowest BCUT2D eigenvalue weighted by molar-refractivity contribution is -0.387. The van der Waals surface area contributed by atoms with Crippen LogP contribution in [0, 0.1) is 21.7 Å². The van der Waals surface area contributed by atoms with E-state index in [9.17, 15) is 23.7 Å². The van der Waals surface area contributed by atoms with Crippen LogP contribution in [0.4, 0.5) is 14.5 Å². The molecule has 6 heteroatoms. The van der Waals surface area contributed by atoms with Crippen molar-refractivity contribution in [3.05, 3.63) is 75.3 Å². The number of nitrogens with zero attached hydrogens (tertiary/aromatic N) is 1. The van der Waals surface area contributed by atoms with Crippen molar-refractivity contribution in [3.63, 3.8) is 0 Å². The van der Waals surface area contributed by atoms with Gasteiger partial charge in [-0.3, -0.25) is 14.9 Å². The number of halogens is 2.